The number of benzene rings is 2. The molecule has 0 spiro atoms. The van der Waals surface area contributed by atoms with Crippen molar-refractivity contribution < 1.29 is 15.3 Å². The molecule has 21 heavy (non-hydrogen) atoms. The normalized spacial score (nSPS) is 10.8. The molecule has 2 rings (SSSR count). The van der Waals surface area contributed by atoms with Gasteiger partial charge in [-0.3, -0.25) is 0 Å². The van der Waals surface area contributed by atoms with Crippen LogP contribution in [0.1, 0.15) is 37.5 Å². The van der Waals surface area contributed by atoms with Crippen LogP contribution in [0, 0.1) is 0 Å². The largest absolute Gasteiger partial charge is 0.504 e. The van der Waals surface area contributed by atoms with Crippen LogP contribution in [0.4, 0.5) is 0 Å². The first kappa shape index (κ1) is 15.2. The Morgan fingerprint density at radius 3 is 1.71 bits per heavy atom. The van der Waals surface area contributed by atoms with E-state index in [9.17, 15) is 15.3 Å². The lowest BCUT2D eigenvalue weighted by atomic mass is 9.94. The van der Waals surface area contributed by atoms with Gasteiger partial charge in [0.15, 0.2) is 11.5 Å². The second kappa shape index (κ2) is 6.08. The van der Waals surface area contributed by atoms with E-state index in [-0.39, 0.29) is 11.5 Å². The van der Waals surface area contributed by atoms with Gasteiger partial charge in [-0.15, -0.1) is 0 Å². The SMILES string of the molecule is CCc1cc(CC)cc(-c2cc(CC)c(O)c(O)c2O)c1. The number of aromatic hydroxyl groups is 3. The van der Waals surface area contributed by atoms with E-state index in [0.717, 1.165) is 18.4 Å². The second-order valence-electron chi connectivity index (χ2n) is 5.23. The van der Waals surface area contributed by atoms with Gasteiger partial charge in [0, 0.05) is 5.56 Å². The minimum Gasteiger partial charge on any atom is -0.504 e. The van der Waals surface area contributed by atoms with Crippen molar-refractivity contribution in [1.82, 2.24) is 0 Å². The molecule has 2 aromatic rings. The molecule has 0 saturated heterocycles. The average Bonchev–Trinajstić information content (AvgIpc) is 2.52. The average molecular weight is 286 g/mol. The highest BCUT2D eigenvalue weighted by atomic mass is 16.3. The fourth-order valence-corrected chi connectivity index (χ4v) is 2.52. The number of aryl methyl sites for hydroxylation is 3. The Morgan fingerprint density at radius 1 is 0.667 bits per heavy atom. The number of hydrogen-bond donors (Lipinski definition) is 3. The monoisotopic (exact) mass is 286 g/mol. The number of phenolic OH excluding ortho intramolecular Hbond substituents is 3. The standard InChI is InChI=1S/C18H22O3/c1-4-11-7-12(5-2)9-14(8-11)15-10-13(6-3)16(19)18(21)17(15)20/h7-10,19-21H,4-6H2,1-3H3. The van der Waals surface area contributed by atoms with Gasteiger partial charge < -0.3 is 15.3 Å². The maximum atomic E-state index is 10.2. The summed E-state index contributed by atoms with van der Waals surface area (Å²) in [4.78, 5) is 0. The third-order valence-electron chi connectivity index (χ3n) is 3.89. The zero-order valence-electron chi connectivity index (χ0n) is 12.8. The van der Waals surface area contributed by atoms with E-state index in [1.807, 2.05) is 19.1 Å². The lowest BCUT2D eigenvalue weighted by Gasteiger charge is -2.14. The first-order valence-corrected chi connectivity index (χ1v) is 7.41. The number of phenols is 3. The highest BCUT2D eigenvalue weighted by Gasteiger charge is 2.17. The van der Waals surface area contributed by atoms with Crippen LogP contribution in [0.25, 0.3) is 11.1 Å². The van der Waals surface area contributed by atoms with Gasteiger partial charge in [0.25, 0.3) is 0 Å². The summed E-state index contributed by atoms with van der Waals surface area (Å²) in [5.41, 5.74) is 4.44. The summed E-state index contributed by atoms with van der Waals surface area (Å²) < 4.78 is 0. The zero-order valence-corrected chi connectivity index (χ0v) is 12.8. The topological polar surface area (TPSA) is 60.7 Å². The van der Waals surface area contributed by atoms with Crippen LogP contribution in [0.5, 0.6) is 17.2 Å². The molecule has 3 heteroatoms. The maximum absolute atomic E-state index is 10.2. The van der Waals surface area contributed by atoms with E-state index in [4.69, 9.17) is 0 Å². The summed E-state index contributed by atoms with van der Waals surface area (Å²) in [7, 11) is 0. The molecule has 0 bridgehead atoms. The predicted molar refractivity (Wildman–Crippen MR) is 85.0 cm³/mol. The molecular formula is C18H22O3. The molecule has 0 aromatic heterocycles. The molecule has 0 aliphatic carbocycles. The molecule has 2 aromatic carbocycles. The van der Waals surface area contributed by atoms with Crippen molar-refractivity contribution in [2.45, 2.75) is 40.0 Å². The Kier molecular flexibility index (Phi) is 4.41. The van der Waals surface area contributed by atoms with Crippen LogP contribution in [0.2, 0.25) is 0 Å². The first-order chi connectivity index (χ1) is 10.0. The minimum absolute atomic E-state index is 0.235. The Bertz CT molecular complexity index is 638. The number of rotatable bonds is 4. The van der Waals surface area contributed by atoms with Crippen molar-refractivity contribution in [3.05, 3.63) is 41.0 Å². The third kappa shape index (κ3) is 2.82. The van der Waals surface area contributed by atoms with E-state index < -0.39 is 5.75 Å². The van der Waals surface area contributed by atoms with Gasteiger partial charge in [-0.2, -0.15) is 0 Å². The van der Waals surface area contributed by atoms with E-state index in [1.54, 1.807) is 6.07 Å². The Hall–Kier alpha value is -2.16. The molecule has 0 aliphatic heterocycles. The van der Waals surface area contributed by atoms with Gasteiger partial charge in [-0.1, -0.05) is 39.0 Å². The first-order valence-electron chi connectivity index (χ1n) is 7.41. The highest BCUT2D eigenvalue weighted by Crippen LogP contribution is 2.45. The van der Waals surface area contributed by atoms with Crippen LogP contribution in [-0.4, -0.2) is 15.3 Å². The predicted octanol–water partition coefficient (Wildman–Crippen LogP) is 4.16. The lowest BCUT2D eigenvalue weighted by Crippen LogP contribution is -1.91. The second-order valence-corrected chi connectivity index (χ2v) is 5.23. The lowest BCUT2D eigenvalue weighted by molar-refractivity contribution is 0.366. The molecule has 0 atom stereocenters. The fourth-order valence-electron chi connectivity index (χ4n) is 2.52. The Balaban J connectivity index is 2.69. The van der Waals surface area contributed by atoms with Crippen LogP contribution in [-0.2, 0) is 19.3 Å². The molecule has 0 fully saturated rings. The van der Waals surface area contributed by atoms with Crippen molar-refractivity contribution in [3.63, 3.8) is 0 Å². The highest BCUT2D eigenvalue weighted by molar-refractivity contribution is 5.77. The van der Waals surface area contributed by atoms with Crippen molar-refractivity contribution in [2.75, 3.05) is 0 Å². The van der Waals surface area contributed by atoms with Gasteiger partial charge in [0.1, 0.15) is 0 Å². The summed E-state index contributed by atoms with van der Waals surface area (Å²) in [6.45, 7) is 6.07. The van der Waals surface area contributed by atoms with Crippen molar-refractivity contribution in [2.24, 2.45) is 0 Å². The van der Waals surface area contributed by atoms with Gasteiger partial charge in [-0.25, -0.2) is 0 Å². The van der Waals surface area contributed by atoms with Gasteiger partial charge in [-0.05, 0) is 47.6 Å². The van der Waals surface area contributed by atoms with Crippen LogP contribution < -0.4 is 0 Å². The van der Waals surface area contributed by atoms with E-state index in [0.29, 0.717) is 17.5 Å². The molecule has 0 aliphatic rings. The van der Waals surface area contributed by atoms with E-state index in [2.05, 4.69) is 19.9 Å². The van der Waals surface area contributed by atoms with Crippen LogP contribution in [0.15, 0.2) is 24.3 Å². The Labute approximate surface area is 125 Å². The van der Waals surface area contributed by atoms with E-state index in [1.165, 1.54) is 11.1 Å². The molecular weight excluding hydrogens is 264 g/mol. The summed E-state index contributed by atoms with van der Waals surface area (Å²) in [5, 5.41) is 29.9. The van der Waals surface area contributed by atoms with E-state index >= 15 is 0 Å². The van der Waals surface area contributed by atoms with Crippen LogP contribution in [0.3, 0.4) is 0 Å². The van der Waals surface area contributed by atoms with Gasteiger partial charge in [0.2, 0.25) is 5.75 Å². The summed E-state index contributed by atoms with van der Waals surface area (Å²) in [6.07, 6.45) is 2.40. The number of hydrogen-bond acceptors (Lipinski definition) is 3. The summed E-state index contributed by atoms with van der Waals surface area (Å²) in [5.74, 6) is -0.939. The molecule has 0 heterocycles. The minimum atomic E-state index is -0.440. The van der Waals surface area contributed by atoms with Crippen LogP contribution >= 0.6 is 0 Å². The van der Waals surface area contributed by atoms with Crippen molar-refractivity contribution >= 4 is 0 Å². The molecule has 0 radical (unpaired) electrons. The molecule has 3 nitrogen and oxygen atoms in total. The van der Waals surface area contributed by atoms with Crippen molar-refractivity contribution in [1.29, 1.82) is 0 Å². The Morgan fingerprint density at radius 2 is 1.24 bits per heavy atom. The molecule has 112 valence electrons. The molecule has 3 N–H and O–H groups in total. The summed E-state index contributed by atoms with van der Waals surface area (Å²) >= 11 is 0. The third-order valence-corrected chi connectivity index (χ3v) is 3.89. The fraction of sp³-hybridized carbons (Fsp3) is 0.333. The molecule has 0 unspecified atom stereocenters. The smallest absolute Gasteiger partial charge is 0.201 e. The maximum Gasteiger partial charge on any atom is 0.201 e. The molecule has 0 amide bonds. The zero-order chi connectivity index (χ0) is 15.6. The van der Waals surface area contributed by atoms with Crippen molar-refractivity contribution in [3.8, 4) is 28.4 Å². The van der Waals surface area contributed by atoms with Gasteiger partial charge in [0.05, 0.1) is 0 Å². The quantitative estimate of drug-likeness (QED) is 0.740. The molecule has 0 saturated carbocycles. The van der Waals surface area contributed by atoms with Gasteiger partial charge >= 0.3 is 0 Å². The summed E-state index contributed by atoms with van der Waals surface area (Å²) in [6, 6.07) is 7.94.